The summed E-state index contributed by atoms with van der Waals surface area (Å²) in [6, 6.07) is 0. The molecule has 0 bridgehead atoms. The van der Waals surface area contributed by atoms with Crippen molar-refractivity contribution in [2.45, 2.75) is 226 Å². The fourth-order valence-corrected chi connectivity index (χ4v) is 5.86. The monoisotopic (exact) mass is 668 g/mol. The Balaban J connectivity index is 0. The van der Waals surface area contributed by atoms with Crippen LogP contribution in [0, 0.1) is 0 Å². The lowest BCUT2D eigenvalue weighted by Gasteiger charge is -2.07. The number of esters is 2. The lowest BCUT2D eigenvalue weighted by molar-refractivity contribution is -0.146. The molecule has 0 unspecified atom stereocenters. The number of nitrogens with zero attached hydrogens (tertiary/aromatic N) is 1. The van der Waals surface area contributed by atoms with Crippen LogP contribution in [0.3, 0.4) is 0 Å². The number of carbonyl (C=O) groups excluding carboxylic acids is 2. The minimum absolute atomic E-state index is 0.112. The Kier molecular flexibility index (Phi) is 43.8. The molecule has 47 heavy (non-hydrogen) atoms. The van der Waals surface area contributed by atoms with Gasteiger partial charge in [-0.25, -0.2) is 0 Å². The van der Waals surface area contributed by atoms with Crippen LogP contribution in [0.4, 0.5) is 0 Å². The van der Waals surface area contributed by atoms with Gasteiger partial charge in [0.15, 0.2) is 0 Å². The number of rotatable bonds is 36. The summed E-state index contributed by atoms with van der Waals surface area (Å²) in [6.07, 6.45) is 41.4. The smallest absolute Gasteiger partial charge is 0.305 e. The van der Waals surface area contributed by atoms with E-state index in [4.69, 9.17) is 9.47 Å². The maximum Gasteiger partial charge on any atom is 0.305 e. The highest BCUT2D eigenvalue weighted by Gasteiger charge is 2.05. The van der Waals surface area contributed by atoms with Crippen LogP contribution in [0.1, 0.15) is 226 Å². The van der Waals surface area contributed by atoms with Crippen LogP contribution in [0.15, 0.2) is 0 Å². The van der Waals surface area contributed by atoms with Gasteiger partial charge >= 0.3 is 11.9 Å². The Morgan fingerprint density at radius 3 is 0.745 bits per heavy atom. The molecule has 0 aromatic carbocycles. The fraction of sp³-hybridized carbons (Fsp3) is 0.952. The highest BCUT2D eigenvalue weighted by atomic mass is 16.5. The van der Waals surface area contributed by atoms with E-state index in [1.165, 1.54) is 167 Å². The molecular weight excluding hydrogens is 582 g/mol. The highest BCUT2D eigenvalue weighted by Crippen LogP contribution is 2.15. The molecule has 0 saturated carbocycles. The van der Waals surface area contributed by atoms with E-state index < -0.39 is 0 Å². The topological polar surface area (TPSA) is 55.8 Å². The van der Waals surface area contributed by atoms with Crippen molar-refractivity contribution in [2.75, 3.05) is 34.4 Å². The fourth-order valence-electron chi connectivity index (χ4n) is 5.86. The summed E-state index contributed by atoms with van der Waals surface area (Å²) >= 11 is 0. The van der Waals surface area contributed by atoms with E-state index in [9.17, 15) is 9.59 Å². The summed E-state index contributed by atoms with van der Waals surface area (Å²) in [7, 11) is 6.00. The first kappa shape index (κ1) is 48.0. The summed E-state index contributed by atoms with van der Waals surface area (Å²) < 4.78 is 10.6. The van der Waals surface area contributed by atoms with Gasteiger partial charge < -0.3 is 14.4 Å². The standard InChI is InChI=1S/C39H76O4.C3H9N/c1-3-5-7-9-11-13-15-17-19-21-23-25-27-29-31-34-38(40)42-36-33-37-43-39(41)35-32-30-28-26-24-22-20-18-16-14-12-10-8-6-4-2;1-4(2)3/h3-37H2,1-2H3;1-3H3. The van der Waals surface area contributed by atoms with Gasteiger partial charge in [0, 0.05) is 19.3 Å². The molecule has 282 valence electrons. The van der Waals surface area contributed by atoms with Crippen LogP contribution < -0.4 is 0 Å². The zero-order chi connectivity index (χ0) is 34.9. The third-order valence-electron chi connectivity index (χ3n) is 8.78. The van der Waals surface area contributed by atoms with E-state index in [-0.39, 0.29) is 11.9 Å². The minimum Gasteiger partial charge on any atom is -0.466 e. The lowest BCUT2D eigenvalue weighted by atomic mass is 10.0. The zero-order valence-corrected chi connectivity index (χ0v) is 32.8. The summed E-state index contributed by atoms with van der Waals surface area (Å²) in [4.78, 5) is 25.8. The van der Waals surface area contributed by atoms with Crippen LogP contribution in [-0.4, -0.2) is 51.2 Å². The van der Waals surface area contributed by atoms with Gasteiger partial charge in [0.1, 0.15) is 0 Å². The normalized spacial score (nSPS) is 11.0. The minimum atomic E-state index is -0.112. The molecule has 0 atom stereocenters. The molecule has 0 aliphatic rings. The van der Waals surface area contributed by atoms with Crippen molar-refractivity contribution in [3.63, 3.8) is 0 Å². The molecule has 0 spiro atoms. The zero-order valence-electron chi connectivity index (χ0n) is 32.8. The van der Waals surface area contributed by atoms with E-state index in [0.29, 0.717) is 32.5 Å². The van der Waals surface area contributed by atoms with Gasteiger partial charge in [-0.05, 0) is 34.0 Å². The predicted molar refractivity (Wildman–Crippen MR) is 205 cm³/mol. The number of hydrogen-bond acceptors (Lipinski definition) is 5. The van der Waals surface area contributed by atoms with Gasteiger partial charge in [0.05, 0.1) is 13.2 Å². The summed E-state index contributed by atoms with van der Waals surface area (Å²) in [5, 5.41) is 0. The molecule has 0 radical (unpaired) electrons. The largest absolute Gasteiger partial charge is 0.466 e. The molecule has 5 heteroatoms. The van der Waals surface area contributed by atoms with Gasteiger partial charge in [0.25, 0.3) is 0 Å². The van der Waals surface area contributed by atoms with E-state index >= 15 is 0 Å². The summed E-state index contributed by atoms with van der Waals surface area (Å²) in [5.41, 5.74) is 0. The molecule has 0 aliphatic carbocycles. The average Bonchev–Trinajstić information content (AvgIpc) is 3.04. The number of hydrogen-bond donors (Lipinski definition) is 0. The van der Waals surface area contributed by atoms with Crippen molar-refractivity contribution in [3.05, 3.63) is 0 Å². The first-order valence-corrected chi connectivity index (χ1v) is 20.9. The lowest BCUT2D eigenvalue weighted by Crippen LogP contribution is -2.10. The van der Waals surface area contributed by atoms with E-state index in [1.54, 1.807) is 0 Å². The molecular formula is C42H85NO4. The second-order valence-corrected chi connectivity index (χ2v) is 14.5. The van der Waals surface area contributed by atoms with Crippen LogP contribution in [-0.2, 0) is 19.1 Å². The highest BCUT2D eigenvalue weighted by molar-refractivity contribution is 5.69. The van der Waals surface area contributed by atoms with Crippen molar-refractivity contribution in [1.82, 2.24) is 4.90 Å². The second-order valence-electron chi connectivity index (χ2n) is 14.5. The molecule has 0 rings (SSSR count). The van der Waals surface area contributed by atoms with Gasteiger partial charge in [-0.2, -0.15) is 0 Å². The first-order chi connectivity index (χ1) is 22.9. The third kappa shape index (κ3) is 49.4. The molecule has 0 aromatic rings. The molecule has 0 aromatic heterocycles. The quantitative estimate of drug-likeness (QED) is 0.0491. The van der Waals surface area contributed by atoms with Gasteiger partial charge in [-0.3, -0.25) is 9.59 Å². The van der Waals surface area contributed by atoms with Crippen LogP contribution in [0.2, 0.25) is 0 Å². The Morgan fingerprint density at radius 2 is 0.532 bits per heavy atom. The van der Waals surface area contributed by atoms with Crippen molar-refractivity contribution in [1.29, 1.82) is 0 Å². The maximum absolute atomic E-state index is 11.9. The number of carbonyl (C=O) groups is 2. The van der Waals surface area contributed by atoms with Crippen LogP contribution in [0.5, 0.6) is 0 Å². The maximum atomic E-state index is 11.9. The molecule has 0 N–H and O–H groups in total. The van der Waals surface area contributed by atoms with Crippen LogP contribution >= 0.6 is 0 Å². The molecule has 0 aliphatic heterocycles. The summed E-state index contributed by atoms with van der Waals surface area (Å²) in [5.74, 6) is -0.224. The van der Waals surface area contributed by atoms with E-state index in [0.717, 1.165) is 25.7 Å². The van der Waals surface area contributed by atoms with Gasteiger partial charge in [-0.15, -0.1) is 0 Å². The Labute approximate surface area is 295 Å². The van der Waals surface area contributed by atoms with E-state index in [2.05, 4.69) is 13.8 Å². The van der Waals surface area contributed by atoms with Gasteiger partial charge in [0.2, 0.25) is 0 Å². The van der Waals surface area contributed by atoms with Gasteiger partial charge in [-0.1, -0.05) is 194 Å². The Morgan fingerprint density at radius 1 is 0.340 bits per heavy atom. The molecule has 0 fully saturated rings. The van der Waals surface area contributed by atoms with Crippen LogP contribution in [0.25, 0.3) is 0 Å². The Bertz CT molecular complexity index is 559. The van der Waals surface area contributed by atoms with E-state index in [1.807, 2.05) is 26.0 Å². The van der Waals surface area contributed by atoms with Crippen molar-refractivity contribution < 1.29 is 19.1 Å². The average molecular weight is 668 g/mol. The number of ether oxygens (including phenoxy) is 2. The first-order valence-electron chi connectivity index (χ1n) is 20.9. The van der Waals surface area contributed by atoms with Crippen molar-refractivity contribution in [3.8, 4) is 0 Å². The second kappa shape index (κ2) is 42.9. The summed E-state index contributed by atoms with van der Waals surface area (Å²) in [6.45, 7) is 5.26. The molecule has 5 nitrogen and oxygen atoms in total. The Hall–Kier alpha value is -1.10. The van der Waals surface area contributed by atoms with Crippen molar-refractivity contribution in [2.24, 2.45) is 0 Å². The molecule has 0 heterocycles. The molecule has 0 amide bonds. The molecule has 0 saturated heterocycles. The third-order valence-corrected chi connectivity index (χ3v) is 8.78. The SMILES string of the molecule is CCCCCCCCCCCCCCCCCC(=O)OCCCOC(=O)CCCCCCCCCCCCCCCCC.CN(C)C. The van der Waals surface area contributed by atoms with Crippen molar-refractivity contribution >= 4 is 11.9 Å². The predicted octanol–water partition coefficient (Wildman–Crippen LogP) is 13.2. The number of unbranched alkanes of at least 4 members (excludes halogenated alkanes) is 28.